The minimum Gasteiger partial charge on any atom is -0.495 e. The van der Waals surface area contributed by atoms with Crippen molar-refractivity contribution >= 4 is 21.6 Å². The van der Waals surface area contributed by atoms with Gasteiger partial charge in [0, 0.05) is 12.6 Å². The van der Waals surface area contributed by atoms with Gasteiger partial charge in [-0.25, -0.2) is 13.1 Å². The number of ether oxygens (including phenoxy) is 1. The molecule has 0 aromatic heterocycles. The molecule has 0 saturated heterocycles. The summed E-state index contributed by atoms with van der Waals surface area (Å²) in [6.07, 6.45) is 2.64. The molecule has 0 bridgehead atoms. The Hall–Kier alpha value is -0.820. The molecule has 7 heteroatoms. The first-order valence-electron chi connectivity index (χ1n) is 6.50. The Kier molecular flexibility index (Phi) is 6.75. The molecule has 0 aliphatic rings. The van der Waals surface area contributed by atoms with E-state index in [0.717, 1.165) is 19.3 Å². The second kappa shape index (κ2) is 7.83. The van der Waals surface area contributed by atoms with Crippen molar-refractivity contribution in [3.8, 4) is 5.75 Å². The fourth-order valence-corrected chi connectivity index (χ4v) is 3.41. The van der Waals surface area contributed by atoms with Crippen molar-refractivity contribution in [2.24, 2.45) is 5.73 Å². The molecule has 1 rings (SSSR count). The Labute approximate surface area is 125 Å². The predicted molar refractivity (Wildman–Crippen MR) is 80.7 cm³/mol. The normalized spacial score (nSPS) is 13.2. The quantitative estimate of drug-likeness (QED) is 0.769. The van der Waals surface area contributed by atoms with E-state index in [0.29, 0.717) is 5.75 Å². The number of unbranched alkanes of at least 4 members (excludes halogenated alkanes) is 1. The molecule has 1 unspecified atom stereocenters. The van der Waals surface area contributed by atoms with Crippen LogP contribution < -0.4 is 15.2 Å². The first-order chi connectivity index (χ1) is 9.44. The van der Waals surface area contributed by atoms with E-state index >= 15 is 0 Å². The summed E-state index contributed by atoms with van der Waals surface area (Å²) in [4.78, 5) is 0.109. The van der Waals surface area contributed by atoms with Gasteiger partial charge in [0.15, 0.2) is 0 Å². The maximum Gasteiger partial charge on any atom is 0.240 e. The van der Waals surface area contributed by atoms with Crippen LogP contribution >= 0.6 is 11.6 Å². The second-order valence-corrected chi connectivity index (χ2v) is 6.61. The van der Waals surface area contributed by atoms with Crippen LogP contribution in [0.25, 0.3) is 0 Å². The third kappa shape index (κ3) is 4.63. The van der Waals surface area contributed by atoms with Gasteiger partial charge in [0.2, 0.25) is 10.0 Å². The van der Waals surface area contributed by atoms with E-state index < -0.39 is 10.0 Å². The fourth-order valence-electron chi connectivity index (χ4n) is 1.78. The zero-order chi connectivity index (χ0) is 15.2. The smallest absolute Gasteiger partial charge is 0.240 e. The summed E-state index contributed by atoms with van der Waals surface area (Å²) < 4.78 is 32.1. The van der Waals surface area contributed by atoms with Gasteiger partial charge in [0.05, 0.1) is 17.0 Å². The molecule has 0 saturated carbocycles. The van der Waals surface area contributed by atoms with Gasteiger partial charge in [-0.1, -0.05) is 31.4 Å². The lowest BCUT2D eigenvalue weighted by molar-refractivity contribution is 0.414. The highest BCUT2D eigenvalue weighted by molar-refractivity contribution is 7.89. The number of hydrogen-bond acceptors (Lipinski definition) is 4. The van der Waals surface area contributed by atoms with Crippen LogP contribution in [0.2, 0.25) is 5.02 Å². The van der Waals surface area contributed by atoms with Crippen LogP contribution in [0.1, 0.15) is 26.2 Å². The highest BCUT2D eigenvalue weighted by Crippen LogP contribution is 2.27. The molecule has 0 amide bonds. The minimum atomic E-state index is -3.62. The molecule has 1 aromatic rings. The van der Waals surface area contributed by atoms with Crippen LogP contribution in [-0.2, 0) is 10.0 Å². The van der Waals surface area contributed by atoms with E-state index in [1.54, 1.807) is 0 Å². The zero-order valence-electron chi connectivity index (χ0n) is 11.7. The SMILES string of the molecule is CCCCC(CN)NS(=O)(=O)c1ccc(OC)c(Cl)c1. The van der Waals surface area contributed by atoms with Crippen molar-refractivity contribution in [1.29, 1.82) is 0 Å². The molecule has 0 heterocycles. The monoisotopic (exact) mass is 320 g/mol. The highest BCUT2D eigenvalue weighted by Gasteiger charge is 2.20. The summed E-state index contributed by atoms with van der Waals surface area (Å²) in [7, 11) is -2.14. The first-order valence-corrected chi connectivity index (χ1v) is 8.36. The van der Waals surface area contributed by atoms with Crippen LogP contribution in [0.5, 0.6) is 5.75 Å². The number of benzene rings is 1. The average Bonchev–Trinajstić information content (AvgIpc) is 2.43. The van der Waals surface area contributed by atoms with Gasteiger partial charge in [0.25, 0.3) is 0 Å². The number of sulfonamides is 1. The number of nitrogens with one attached hydrogen (secondary N) is 1. The van der Waals surface area contributed by atoms with Gasteiger partial charge in [-0.2, -0.15) is 0 Å². The van der Waals surface area contributed by atoms with Gasteiger partial charge in [-0.05, 0) is 24.6 Å². The van der Waals surface area contributed by atoms with Crippen molar-refractivity contribution in [2.75, 3.05) is 13.7 Å². The van der Waals surface area contributed by atoms with E-state index in [2.05, 4.69) is 4.72 Å². The van der Waals surface area contributed by atoms with Gasteiger partial charge < -0.3 is 10.5 Å². The molecule has 1 atom stereocenters. The van der Waals surface area contributed by atoms with E-state index in [4.69, 9.17) is 22.1 Å². The Bertz CT molecular complexity index is 534. The Morgan fingerprint density at radius 3 is 2.65 bits per heavy atom. The maximum atomic E-state index is 12.3. The van der Waals surface area contributed by atoms with Gasteiger partial charge in [0.1, 0.15) is 5.75 Å². The summed E-state index contributed by atoms with van der Waals surface area (Å²) >= 11 is 5.95. The summed E-state index contributed by atoms with van der Waals surface area (Å²) in [6.45, 7) is 2.31. The van der Waals surface area contributed by atoms with E-state index in [1.165, 1.54) is 25.3 Å². The minimum absolute atomic E-state index is 0.109. The Balaban J connectivity index is 2.90. The Morgan fingerprint density at radius 1 is 1.45 bits per heavy atom. The summed E-state index contributed by atoms with van der Waals surface area (Å²) in [5, 5.41) is 0.258. The van der Waals surface area contributed by atoms with Crippen molar-refractivity contribution in [3.63, 3.8) is 0 Å². The second-order valence-electron chi connectivity index (χ2n) is 4.49. The van der Waals surface area contributed by atoms with Crippen molar-refractivity contribution in [3.05, 3.63) is 23.2 Å². The summed E-state index contributed by atoms with van der Waals surface area (Å²) in [5.41, 5.74) is 5.60. The molecule has 0 aliphatic heterocycles. The summed E-state index contributed by atoms with van der Waals surface area (Å²) in [5.74, 6) is 0.437. The lowest BCUT2D eigenvalue weighted by atomic mass is 10.1. The number of hydrogen-bond donors (Lipinski definition) is 2. The molecule has 3 N–H and O–H groups in total. The number of rotatable bonds is 8. The lowest BCUT2D eigenvalue weighted by Crippen LogP contribution is -2.40. The Morgan fingerprint density at radius 2 is 2.15 bits per heavy atom. The van der Waals surface area contributed by atoms with Gasteiger partial charge >= 0.3 is 0 Å². The van der Waals surface area contributed by atoms with E-state index in [-0.39, 0.29) is 22.5 Å². The molecule has 1 aromatic carbocycles. The van der Waals surface area contributed by atoms with Crippen molar-refractivity contribution in [2.45, 2.75) is 37.1 Å². The van der Waals surface area contributed by atoms with Crippen LogP contribution in [0.15, 0.2) is 23.1 Å². The third-order valence-corrected chi connectivity index (χ3v) is 4.76. The molecule has 20 heavy (non-hydrogen) atoms. The van der Waals surface area contributed by atoms with Crippen LogP contribution in [0, 0.1) is 0 Å². The van der Waals surface area contributed by atoms with Crippen molar-refractivity contribution < 1.29 is 13.2 Å². The van der Waals surface area contributed by atoms with Crippen LogP contribution in [-0.4, -0.2) is 28.1 Å². The summed E-state index contributed by atoms with van der Waals surface area (Å²) in [6, 6.07) is 4.09. The fraction of sp³-hybridized carbons (Fsp3) is 0.538. The van der Waals surface area contributed by atoms with Gasteiger partial charge in [-0.3, -0.25) is 0 Å². The van der Waals surface area contributed by atoms with Crippen LogP contribution in [0.4, 0.5) is 0 Å². The molecular formula is C13H21ClN2O3S. The largest absolute Gasteiger partial charge is 0.495 e. The first kappa shape index (κ1) is 17.2. The molecule has 0 aliphatic carbocycles. The van der Waals surface area contributed by atoms with E-state index in [1.807, 2.05) is 6.92 Å². The topological polar surface area (TPSA) is 81.4 Å². The predicted octanol–water partition coefficient (Wildman–Crippen LogP) is 2.14. The van der Waals surface area contributed by atoms with Gasteiger partial charge in [-0.15, -0.1) is 0 Å². The maximum absolute atomic E-state index is 12.3. The number of nitrogens with two attached hydrogens (primary N) is 1. The molecule has 0 spiro atoms. The average molecular weight is 321 g/mol. The molecular weight excluding hydrogens is 300 g/mol. The standard InChI is InChI=1S/C13H21ClN2O3S/c1-3-4-5-10(9-15)16-20(17,18)11-6-7-13(19-2)12(14)8-11/h6-8,10,16H,3-5,9,15H2,1-2H3. The number of methoxy groups -OCH3 is 1. The third-order valence-electron chi connectivity index (χ3n) is 2.95. The molecule has 114 valence electrons. The molecule has 5 nitrogen and oxygen atoms in total. The van der Waals surface area contributed by atoms with Crippen molar-refractivity contribution in [1.82, 2.24) is 4.72 Å². The zero-order valence-corrected chi connectivity index (χ0v) is 13.3. The molecule has 0 radical (unpaired) electrons. The highest BCUT2D eigenvalue weighted by atomic mass is 35.5. The van der Waals surface area contributed by atoms with E-state index in [9.17, 15) is 8.42 Å². The van der Waals surface area contributed by atoms with Crippen LogP contribution in [0.3, 0.4) is 0 Å². The lowest BCUT2D eigenvalue weighted by Gasteiger charge is -2.17. The number of halogens is 1. The molecule has 0 fully saturated rings.